The van der Waals surface area contributed by atoms with Crippen molar-refractivity contribution >= 4 is 11.8 Å². The summed E-state index contributed by atoms with van der Waals surface area (Å²) in [6, 6.07) is 3.86. The Labute approximate surface area is 155 Å². The molecule has 2 aliphatic carbocycles. The van der Waals surface area contributed by atoms with Crippen LogP contribution in [-0.4, -0.2) is 40.8 Å². The number of aromatic nitrogens is 1. The molecule has 140 valence electrons. The number of likely N-dealkylation sites (tertiary alicyclic amines) is 1. The molecule has 5 nitrogen and oxygen atoms in total. The summed E-state index contributed by atoms with van der Waals surface area (Å²) in [4.78, 5) is 31.0. The Hall–Kier alpha value is -1.91. The highest BCUT2D eigenvalue weighted by molar-refractivity contribution is 5.94. The van der Waals surface area contributed by atoms with Crippen molar-refractivity contribution in [2.75, 3.05) is 13.1 Å². The molecule has 1 aromatic heterocycles. The van der Waals surface area contributed by atoms with Crippen molar-refractivity contribution in [3.63, 3.8) is 0 Å². The molecular weight excluding hydrogens is 326 g/mol. The van der Waals surface area contributed by atoms with Gasteiger partial charge in [-0.05, 0) is 68.9 Å². The van der Waals surface area contributed by atoms with E-state index in [1.165, 1.54) is 25.7 Å². The van der Waals surface area contributed by atoms with Gasteiger partial charge in [0.1, 0.15) is 0 Å². The third-order valence-corrected chi connectivity index (χ3v) is 6.87. The van der Waals surface area contributed by atoms with Crippen LogP contribution in [0.3, 0.4) is 0 Å². The SMILES string of the molecule is CC(NC(=O)C1CCN(C(=O)c2cccnc2)CC1)C1CC2CCC1C2. The van der Waals surface area contributed by atoms with Gasteiger partial charge in [-0.15, -0.1) is 0 Å². The first-order valence-electron chi connectivity index (χ1n) is 10.1. The van der Waals surface area contributed by atoms with Crippen molar-refractivity contribution in [1.82, 2.24) is 15.2 Å². The van der Waals surface area contributed by atoms with Crippen LogP contribution in [0.25, 0.3) is 0 Å². The number of hydrogen-bond acceptors (Lipinski definition) is 3. The van der Waals surface area contributed by atoms with Crippen molar-refractivity contribution < 1.29 is 9.59 Å². The van der Waals surface area contributed by atoms with Gasteiger partial charge in [0.2, 0.25) is 5.91 Å². The van der Waals surface area contributed by atoms with Crippen LogP contribution in [0.5, 0.6) is 0 Å². The van der Waals surface area contributed by atoms with Gasteiger partial charge < -0.3 is 10.2 Å². The van der Waals surface area contributed by atoms with Crippen LogP contribution in [0, 0.1) is 23.7 Å². The molecule has 3 aliphatic rings. The van der Waals surface area contributed by atoms with Crippen LogP contribution < -0.4 is 5.32 Å². The summed E-state index contributed by atoms with van der Waals surface area (Å²) in [7, 11) is 0. The predicted molar refractivity (Wildman–Crippen MR) is 99.4 cm³/mol. The second-order valence-corrected chi connectivity index (χ2v) is 8.44. The third kappa shape index (κ3) is 3.49. The molecule has 26 heavy (non-hydrogen) atoms. The largest absolute Gasteiger partial charge is 0.353 e. The molecular formula is C21H29N3O2. The Balaban J connectivity index is 1.26. The lowest BCUT2D eigenvalue weighted by molar-refractivity contribution is -0.127. The number of rotatable bonds is 4. The minimum Gasteiger partial charge on any atom is -0.353 e. The topological polar surface area (TPSA) is 62.3 Å². The molecule has 0 spiro atoms. The van der Waals surface area contributed by atoms with Crippen LogP contribution in [-0.2, 0) is 4.79 Å². The maximum Gasteiger partial charge on any atom is 0.255 e. The van der Waals surface area contributed by atoms with E-state index in [4.69, 9.17) is 0 Å². The van der Waals surface area contributed by atoms with E-state index in [2.05, 4.69) is 17.2 Å². The lowest BCUT2D eigenvalue weighted by atomic mass is 9.83. The van der Waals surface area contributed by atoms with Gasteiger partial charge in [-0.2, -0.15) is 0 Å². The number of carbonyl (C=O) groups excluding carboxylic acids is 2. The zero-order valence-electron chi connectivity index (χ0n) is 15.6. The molecule has 0 aromatic carbocycles. The predicted octanol–water partition coefficient (Wildman–Crippen LogP) is 2.87. The van der Waals surface area contributed by atoms with Crippen LogP contribution >= 0.6 is 0 Å². The Morgan fingerprint density at radius 1 is 1.19 bits per heavy atom. The third-order valence-electron chi connectivity index (χ3n) is 6.87. The molecule has 2 amide bonds. The van der Waals surface area contributed by atoms with Crippen molar-refractivity contribution in [2.45, 2.75) is 51.5 Å². The monoisotopic (exact) mass is 355 g/mol. The van der Waals surface area contributed by atoms with Crippen LogP contribution in [0.4, 0.5) is 0 Å². The number of nitrogens with one attached hydrogen (secondary N) is 1. The Morgan fingerprint density at radius 3 is 2.62 bits per heavy atom. The molecule has 0 radical (unpaired) electrons. The first kappa shape index (κ1) is 17.5. The van der Waals surface area contributed by atoms with Crippen LogP contribution in [0.1, 0.15) is 55.8 Å². The highest BCUT2D eigenvalue weighted by Gasteiger charge is 2.42. The highest BCUT2D eigenvalue weighted by atomic mass is 16.2. The number of pyridine rings is 1. The summed E-state index contributed by atoms with van der Waals surface area (Å²) in [6.45, 7) is 3.48. The van der Waals surface area contributed by atoms with Crippen LogP contribution in [0.2, 0.25) is 0 Å². The molecule has 1 aromatic rings. The fourth-order valence-electron chi connectivity index (χ4n) is 5.37. The van der Waals surface area contributed by atoms with Gasteiger partial charge in [0.25, 0.3) is 5.91 Å². The molecule has 1 N–H and O–H groups in total. The molecule has 2 saturated carbocycles. The molecule has 1 saturated heterocycles. The summed E-state index contributed by atoms with van der Waals surface area (Å²) in [5.41, 5.74) is 0.625. The summed E-state index contributed by atoms with van der Waals surface area (Å²) < 4.78 is 0. The fraction of sp³-hybridized carbons (Fsp3) is 0.667. The Morgan fingerprint density at radius 2 is 2.00 bits per heavy atom. The van der Waals surface area contributed by atoms with Gasteiger partial charge in [-0.3, -0.25) is 14.6 Å². The number of piperidine rings is 1. The van der Waals surface area contributed by atoms with E-state index in [9.17, 15) is 9.59 Å². The highest BCUT2D eigenvalue weighted by Crippen LogP contribution is 2.49. The number of nitrogens with zero attached hydrogens (tertiary/aromatic N) is 2. The van der Waals surface area contributed by atoms with Gasteiger partial charge in [-0.25, -0.2) is 0 Å². The number of hydrogen-bond donors (Lipinski definition) is 1. The molecule has 5 heteroatoms. The molecule has 2 heterocycles. The van der Waals surface area contributed by atoms with Gasteiger partial charge in [0.15, 0.2) is 0 Å². The zero-order chi connectivity index (χ0) is 18.1. The van der Waals surface area contributed by atoms with E-state index in [1.54, 1.807) is 24.5 Å². The van der Waals surface area contributed by atoms with Crippen molar-refractivity contribution in [2.24, 2.45) is 23.7 Å². The number of carbonyl (C=O) groups is 2. The van der Waals surface area contributed by atoms with E-state index < -0.39 is 0 Å². The molecule has 3 fully saturated rings. The van der Waals surface area contributed by atoms with Gasteiger partial charge in [-0.1, -0.05) is 6.42 Å². The lowest BCUT2D eigenvalue weighted by Crippen LogP contribution is -2.47. The molecule has 4 atom stereocenters. The number of amides is 2. The quantitative estimate of drug-likeness (QED) is 0.903. The van der Waals surface area contributed by atoms with E-state index in [1.807, 2.05) is 4.90 Å². The average Bonchev–Trinajstić information content (AvgIpc) is 3.32. The first-order valence-corrected chi connectivity index (χ1v) is 10.1. The van der Waals surface area contributed by atoms with Crippen LogP contribution in [0.15, 0.2) is 24.5 Å². The normalized spacial score (nSPS) is 29.6. The van der Waals surface area contributed by atoms with Crippen molar-refractivity contribution in [3.8, 4) is 0 Å². The molecule has 1 aliphatic heterocycles. The maximum absolute atomic E-state index is 12.7. The second kappa shape index (κ2) is 7.37. The van der Waals surface area contributed by atoms with Gasteiger partial charge in [0.05, 0.1) is 5.56 Å². The smallest absolute Gasteiger partial charge is 0.255 e. The molecule has 4 unspecified atom stereocenters. The average molecular weight is 355 g/mol. The molecule has 2 bridgehead atoms. The summed E-state index contributed by atoms with van der Waals surface area (Å²) in [5, 5.41) is 3.30. The summed E-state index contributed by atoms with van der Waals surface area (Å²) in [5.74, 6) is 2.65. The minimum atomic E-state index is 0.0207. The first-order chi connectivity index (χ1) is 12.6. The van der Waals surface area contributed by atoms with E-state index >= 15 is 0 Å². The standard InChI is InChI=1S/C21H29N3O2/c1-14(19-12-15-4-5-17(19)11-15)23-20(25)16-6-9-24(10-7-16)21(26)18-3-2-8-22-13-18/h2-3,8,13-17,19H,4-7,9-12H2,1H3,(H,23,25). The lowest BCUT2D eigenvalue weighted by Gasteiger charge is -2.33. The van der Waals surface area contributed by atoms with Gasteiger partial charge >= 0.3 is 0 Å². The van der Waals surface area contributed by atoms with E-state index in [0.29, 0.717) is 24.6 Å². The minimum absolute atomic E-state index is 0.0207. The Kier molecular flexibility index (Phi) is 4.96. The van der Waals surface area contributed by atoms with Crippen molar-refractivity contribution in [1.29, 1.82) is 0 Å². The Bertz CT molecular complexity index is 654. The van der Waals surface area contributed by atoms with E-state index in [0.717, 1.165) is 24.7 Å². The molecule has 4 rings (SSSR count). The maximum atomic E-state index is 12.7. The summed E-state index contributed by atoms with van der Waals surface area (Å²) >= 11 is 0. The zero-order valence-corrected chi connectivity index (χ0v) is 15.6. The second-order valence-electron chi connectivity index (χ2n) is 8.44. The van der Waals surface area contributed by atoms with Gasteiger partial charge in [0, 0.05) is 37.4 Å². The summed E-state index contributed by atoms with van der Waals surface area (Å²) in [6.07, 6.45) is 10.2. The fourth-order valence-corrected chi connectivity index (χ4v) is 5.37. The number of fused-ring (bicyclic) bond motifs is 2. The van der Waals surface area contributed by atoms with Crippen molar-refractivity contribution in [3.05, 3.63) is 30.1 Å². The van der Waals surface area contributed by atoms with E-state index in [-0.39, 0.29) is 23.8 Å².